The van der Waals surface area contributed by atoms with Crippen molar-refractivity contribution in [3.63, 3.8) is 0 Å². The number of nitrogens with two attached hydrogens (primary N) is 1. The largest absolute Gasteiger partial charge is 0.497 e. The molecule has 0 unspecified atom stereocenters. The van der Waals surface area contributed by atoms with Gasteiger partial charge in [0.05, 0.1) is 39.6 Å². The van der Waals surface area contributed by atoms with E-state index in [0.29, 0.717) is 45.5 Å². The lowest BCUT2D eigenvalue weighted by molar-refractivity contribution is -0.142. The lowest BCUT2D eigenvalue weighted by atomic mass is 10.1. The van der Waals surface area contributed by atoms with Gasteiger partial charge < -0.3 is 45.7 Å². The SMILES string of the molecule is CN.CNC(=O)c1cncc(-c2cnc(Nc3cc(OC)cc(OC)c3)nc2-n2nc(C(F)(F)F)cc2C)c1.COc1cc(Nc2ncc(-c3cncc(C(=O)O)c3)c(-n3nc(C(F)(F)F)cc3C)n2)cc(OC)c1. The zero-order chi connectivity index (χ0) is 54.8. The van der Waals surface area contributed by atoms with Gasteiger partial charge in [-0.3, -0.25) is 14.8 Å². The number of aromatic carboxylic acids is 1. The van der Waals surface area contributed by atoms with Crippen molar-refractivity contribution in [2.45, 2.75) is 26.2 Å². The zero-order valence-corrected chi connectivity index (χ0v) is 41.0. The Hall–Kier alpha value is -9.40. The standard InChI is InChI=1S/C24H22F3N7O3.C23H19F3N6O4.CH5N/c1-13-5-20(24(25,26)27)33-34(13)21-19(14-6-15(11-29-10-14)22(35)28-2)12-30-23(32-21)31-16-7-17(36-3)9-18(8-16)37-4;1-12-4-19(23(24,25)26)31-32(12)20-18(13-5-14(21(33)34)10-27-9-13)11-28-22(30-20)29-15-6-16(35-2)8-17(7-15)36-3;1-2/h5-12H,1-4H3,(H,28,35)(H,30,31,32);4-11H,1-3H3,(H,33,34)(H,28,29,30);2H2,1H3. The number of nitrogens with zero attached hydrogens (tertiary/aromatic N) is 10. The van der Waals surface area contributed by atoms with Crippen LogP contribution in [0.15, 0.2) is 97.8 Å². The number of halogens is 6. The molecule has 1 amide bonds. The second-order valence-electron chi connectivity index (χ2n) is 15.3. The average molecular weight is 1040 g/mol. The highest BCUT2D eigenvalue weighted by atomic mass is 19.4. The minimum absolute atomic E-state index is 0.0142. The summed E-state index contributed by atoms with van der Waals surface area (Å²) in [6.07, 6.45) is -1.22. The van der Waals surface area contributed by atoms with E-state index in [1.807, 2.05) is 0 Å². The molecule has 2 aromatic carbocycles. The highest BCUT2D eigenvalue weighted by Crippen LogP contribution is 2.35. The topological polar surface area (TPSA) is 266 Å². The summed E-state index contributed by atoms with van der Waals surface area (Å²) >= 11 is 0. The third-order valence-electron chi connectivity index (χ3n) is 10.3. The molecule has 6 heterocycles. The van der Waals surface area contributed by atoms with Crippen molar-refractivity contribution < 1.29 is 60.0 Å². The number of amides is 1. The third kappa shape index (κ3) is 13.2. The number of carboxylic acid groups (broad SMARTS) is 1. The van der Waals surface area contributed by atoms with Crippen LogP contribution in [0.5, 0.6) is 23.0 Å². The Morgan fingerprint density at radius 2 is 0.933 bits per heavy atom. The molecule has 0 spiro atoms. The number of carboxylic acids is 1. The number of benzene rings is 2. The smallest absolute Gasteiger partial charge is 0.435 e. The Morgan fingerprint density at radius 3 is 1.27 bits per heavy atom. The minimum Gasteiger partial charge on any atom is -0.497 e. The number of ether oxygens (including phenoxy) is 4. The first-order valence-corrected chi connectivity index (χ1v) is 21.7. The van der Waals surface area contributed by atoms with E-state index in [-0.39, 0.29) is 63.1 Å². The van der Waals surface area contributed by atoms with Crippen LogP contribution in [0.1, 0.15) is 43.5 Å². The first-order chi connectivity index (χ1) is 35.7. The number of nitrogens with one attached hydrogen (secondary N) is 3. The molecule has 0 saturated carbocycles. The maximum absolute atomic E-state index is 13.4. The summed E-state index contributed by atoms with van der Waals surface area (Å²) in [5, 5.41) is 25.3. The molecule has 0 radical (unpaired) electrons. The van der Waals surface area contributed by atoms with Crippen molar-refractivity contribution in [1.29, 1.82) is 0 Å². The lowest BCUT2D eigenvalue weighted by Gasteiger charge is -2.14. The van der Waals surface area contributed by atoms with Gasteiger partial charge in [-0.05, 0) is 45.2 Å². The molecule has 27 heteroatoms. The number of anilines is 4. The van der Waals surface area contributed by atoms with E-state index in [9.17, 15) is 41.0 Å². The van der Waals surface area contributed by atoms with Gasteiger partial charge in [-0.25, -0.2) is 24.1 Å². The van der Waals surface area contributed by atoms with Crippen LogP contribution in [0.25, 0.3) is 33.9 Å². The fourth-order valence-electron chi connectivity index (χ4n) is 6.83. The van der Waals surface area contributed by atoms with Crippen molar-refractivity contribution in [2.24, 2.45) is 5.73 Å². The second kappa shape index (κ2) is 23.4. The van der Waals surface area contributed by atoms with Crippen molar-refractivity contribution in [2.75, 3.05) is 53.2 Å². The molecule has 0 saturated heterocycles. The molecular weight excluding hydrogens is 999 g/mol. The van der Waals surface area contributed by atoms with E-state index < -0.39 is 29.7 Å². The Morgan fingerprint density at radius 1 is 0.560 bits per heavy atom. The van der Waals surface area contributed by atoms with Crippen molar-refractivity contribution in [3.8, 4) is 56.9 Å². The summed E-state index contributed by atoms with van der Waals surface area (Å²) in [6, 6.07) is 14.7. The predicted molar refractivity (Wildman–Crippen MR) is 260 cm³/mol. The van der Waals surface area contributed by atoms with Crippen LogP contribution in [0, 0.1) is 13.8 Å². The number of carbonyl (C=O) groups is 2. The monoisotopic (exact) mass is 1040 g/mol. The summed E-state index contributed by atoms with van der Waals surface area (Å²) in [5.41, 5.74) is 5.05. The second-order valence-corrected chi connectivity index (χ2v) is 15.3. The molecule has 0 aliphatic rings. The van der Waals surface area contributed by atoms with Gasteiger partial charge >= 0.3 is 18.3 Å². The van der Waals surface area contributed by atoms with Gasteiger partial charge in [0.15, 0.2) is 23.0 Å². The fraction of sp³-hybridized carbons (Fsp3) is 0.208. The molecule has 0 bridgehead atoms. The average Bonchev–Trinajstić information content (AvgIpc) is 4.01. The van der Waals surface area contributed by atoms with Crippen LogP contribution in [0.3, 0.4) is 0 Å². The van der Waals surface area contributed by atoms with Crippen molar-refractivity contribution in [3.05, 3.63) is 132 Å². The Labute approximate surface area is 422 Å². The molecule has 8 aromatic rings. The van der Waals surface area contributed by atoms with Crippen LogP contribution in [0.4, 0.5) is 49.6 Å². The van der Waals surface area contributed by atoms with Crippen LogP contribution >= 0.6 is 0 Å². The lowest BCUT2D eigenvalue weighted by Crippen LogP contribution is -2.18. The van der Waals surface area contributed by atoms with Gasteiger partial charge in [-0.1, -0.05) is 0 Å². The van der Waals surface area contributed by atoms with Gasteiger partial charge in [0.1, 0.15) is 23.0 Å². The quantitative estimate of drug-likeness (QED) is 0.0642. The fourth-order valence-corrected chi connectivity index (χ4v) is 6.83. The van der Waals surface area contributed by atoms with E-state index in [2.05, 4.69) is 61.8 Å². The van der Waals surface area contributed by atoms with Crippen molar-refractivity contribution >= 4 is 35.1 Å². The Balaban J connectivity index is 0.000000236. The number of rotatable bonds is 14. The summed E-state index contributed by atoms with van der Waals surface area (Å²) < 4.78 is 103. The molecule has 0 aliphatic heterocycles. The molecule has 0 aliphatic carbocycles. The predicted octanol–water partition coefficient (Wildman–Crippen LogP) is 8.26. The Bertz CT molecular complexity index is 3290. The summed E-state index contributed by atoms with van der Waals surface area (Å²) in [7, 11) is 8.95. The van der Waals surface area contributed by atoms with E-state index in [1.165, 1.54) is 99.5 Å². The third-order valence-corrected chi connectivity index (χ3v) is 10.3. The number of aromatic nitrogens is 10. The first-order valence-electron chi connectivity index (χ1n) is 21.7. The van der Waals surface area contributed by atoms with Gasteiger partial charge in [-0.2, -0.15) is 46.5 Å². The number of alkyl halides is 6. The highest BCUT2D eigenvalue weighted by molar-refractivity contribution is 5.95. The van der Waals surface area contributed by atoms with E-state index >= 15 is 0 Å². The highest BCUT2D eigenvalue weighted by Gasteiger charge is 2.36. The summed E-state index contributed by atoms with van der Waals surface area (Å²) in [5.74, 6) is 0.551. The normalized spacial score (nSPS) is 11.0. The Kier molecular flexibility index (Phi) is 17.2. The molecule has 6 N–H and O–H groups in total. The maximum Gasteiger partial charge on any atom is 0.435 e. The molecule has 8 rings (SSSR count). The van der Waals surface area contributed by atoms with Gasteiger partial charge in [0, 0.05) is 126 Å². The number of carbonyl (C=O) groups excluding carboxylic acids is 1. The summed E-state index contributed by atoms with van der Waals surface area (Å²) in [4.78, 5) is 49.0. The van der Waals surface area contributed by atoms with Crippen LogP contribution in [-0.2, 0) is 12.4 Å². The number of hydrogen-bond donors (Lipinski definition) is 5. The maximum atomic E-state index is 13.4. The number of hydrogen-bond acceptors (Lipinski definition) is 17. The van der Waals surface area contributed by atoms with Gasteiger partial charge in [0.2, 0.25) is 11.9 Å². The molecule has 392 valence electrons. The zero-order valence-electron chi connectivity index (χ0n) is 41.0. The van der Waals surface area contributed by atoms with E-state index in [4.69, 9.17) is 18.9 Å². The number of aryl methyl sites for hydroxylation is 2. The first kappa shape index (κ1) is 54.9. The molecule has 0 fully saturated rings. The van der Waals surface area contributed by atoms with E-state index in [0.717, 1.165) is 27.7 Å². The molecule has 21 nitrogen and oxygen atoms in total. The van der Waals surface area contributed by atoms with Crippen molar-refractivity contribution in [1.82, 2.24) is 54.8 Å². The van der Waals surface area contributed by atoms with Crippen LogP contribution in [-0.4, -0.2) is 109 Å². The van der Waals surface area contributed by atoms with Gasteiger partial charge in [-0.15, -0.1) is 0 Å². The summed E-state index contributed by atoms with van der Waals surface area (Å²) in [6.45, 7) is 2.92. The molecule has 0 atom stereocenters. The van der Waals surface area contributed by atoms with E-state index in [1.54, 1.807) is 36.4 Å². The van der Waals surface area contributed by atoms with Crippen LogP contribution in [0.2, 0.25) is 0 Å². The molecule has 75 heavy (non-hydrogen) atoms. The molecule has 6 aromatic heterocycles. The number of methoxy groups -OCH3 is 4. The van der Waals surface area contributed by atoms with Gasteiger partial charge in [0.25, 0.3) is 5.91 Å². The van der Waals surface area contributed by atoms with Crippen LogP contribution < -0.4 is 40.6 Å². The number of pyridine rings is 2. The molecular formula is C48H46F6N14O7. The minimum atomic E-state index is -4.67.